The summed E-state index contributed by atoms with van der Waals surface area (Å²) in [4.78, 5) is 0. The highest BCUT2D eigenvalue weighted by Crippen LogP contribution is 2.19. The third-order valence-corrected chi connectivity index (χ3v) is 3.16. The van der Waals surface area contributed by atoms with E-state index in [0.717, 1.165) is 23.7 Å². The van der Waals surface area contributed by atoms with Gasteiger partial charge in [0, 0.05) is 18.7 Å². The highest BCUT2D eigenvalue weighted by Gasteiger charge is 2.20. The average Bonchev–Trinajstić information content (AvgIpc) is 3.15. The lowest BCUT2D eigenvalue weighted by atomic mass is 10.2. The molecular formula is C15H18N2O2. The SMILES string of the molecule is Cc1ccc(OCc2cc(CNC3CC3)no2)cc1. The summed E-state index contributed by atoms with van der Waals surface area (Å²) in [6, 6.07) is 10.6. The standard InChI is InChI=1S/C15H18N2O2/c1-11-2-6-14(7-3-11)18-10-15-8-13(17-19-15)9-16-12-4-5-12/h2-3,6-8,12,16H,4-5,9-10H2,1H3. The molecule has 1 aliphatic rings. The van der Waals surface area contributed by atoms with Crippen molar-refractivity contribution < 1.29 is 9.26 Å². The third-order valence-electron chi connectivity index (χ3n) is 3.16. The van der Waals surface area contributed by atoms with Crippen molar-refractivity contribution in [2.45, 2.75) is 39.0 Å². The highest BCUT2D eigenvalue weighted by molar-refractivity contribution is 5.26. The maximum atomic E-state index is 5.64. The van der Waals surface area contributed by atoms with Crippen LogP contribution in [-0.4, -0.2) is 11.2 Å². The van der Waals surface area contributed by atoms with E-state index in [1.807, 2.05) is 30.3 Å². The number of hydrogen-bond donors (Lipinski definition) is 1. The number of benzene rings is 1. The second-order valence-electron chi connectivity index (χ2n) is 5.04. The van der Waals surface area contributed by atoms with Crippen molar-refractivity contribution in [3.63, 3.8) is 0 Å². The van der Waals surface area contributed by atoms with Crippen LogP contribution in [0.2, 0.25) is 0 Å². The lowest BCUT2D eigenvalue weighted by Gasteiger charge is -2.03. The van der Waals surface area contributed by atoms with Crippen molar-refractivity contribution in [1.29, 1.82) is 0 Å². The van der Waals surface area contributed by atoms with Crippen LogP contribution in [0.1, 0.15) is 29.9 Å². The van der Waals surface area contributed by atoms with Gasteiger partial charge in [-0.15, -0.1) is 0 Å². The van der Waals surface area contributed by atoms with Gasteiger partial charge in [-0.2, -0.15) is 0 Å². The van der Waals surface area contributed by atoms with Gasteiger partial charge in [0.1, 0.15) is 12.4 Å². The van der Waals surface area contributed by atoms with Crippen LogP contribution >= 0.6 is 0 Å². The van der Waals surface area contributed by atoms with E-state index in [0.29, 0.717) is 12.6 Å². The molecule has 0 radical (unpaired) electrons. The second-order valence-corrected chi connectivity index (χ2v) is 5.04. The molecule has 100 valence electrons. The zero-order valence-corrected chi connectivity index (χ0v) is 11.1. The molecule has 1 aromatic heterocycles. The van der Waals surface area contributed by atoms with E-state index in [1.165, 1.54) is 18.4 Å². The zero-order valence-electron chi connectivity index (χ0n) is 11.1. The molecule has 0 atom stereocenters. The number of hydrogen-bond acceptors (Lipinski definition) is 4. The van der Waals surface area contributed by atoms with Crippen molar-refractivity contribution in [3.8, 4) is 5.75 Å². The van der Waals surface area contributed by atoms with Gasteiger partial charge in [-0.05, 0) is 31.9 Å². The molecule has 19 heavy (non-hydrogen) atoms. The summed E-state index contributed by atoms with van der Waals surface area (Å²) >= 11 is 0. The highest BCUT2D eigenvalue weighted by atomic mass is 16.5. The van der Waals surface area contributed by atoms with E-state index >= 15 is 0 Å². The van der Waals surface area contributed by atoms with E-state index in [9.17, 15) is 0 Å². The van der Waals surface area contributed by atoms with Crippen molar-refractivity contribution in [1.82, 2.24) is 10.5 Å². The monoisotopic (exact) mass is 258 g/mol. The number of nitrogens with zero attached hydrogens (tertiary/aromatic N) is 1. The Bertz CT molecular complexity index is 529. The van der Waals surface area contributed by atoms with Gasteiger partial charge in [0.15, 0.2) is 5.76 Å². The lowest BCUT2D eigenvalue weighted by molar-refractivity contribution is 0.248. The molecule has 0 unspecified atom stereocenters. The number of rotatable bonds is 6. The van der Waals surface area contributed by atoms with Crippen LogP contribution in [0.5, 0.6) is 5.75 Å². The van der Waals surface area contributed by atoms with Crippen molar-refractivity contribution in [2.75, 3.05) is 0 Å². The Morgan fingerprint density at radius 1 is 1.32 bits per heavy atom. The van der Waals surface area contributed by atoms with Crippen LogP contribution in [0.15, 0.2) is 34.9 Å². The molecule has 1 N–H and O–H groups in total. The van der Waals surface area contributed by atoms with Crippen molar-refractivity contribution in [3.05, 3.63) is 47.3 Å². The average molecular weight is 258 g/mol. The fraction of sp³-hybridized carbons (Fsp3) is 0.400. The molecule has 0 spiro atoms. The van der Waals surface area contributed by atoms with E-state index in [1.54, 1.807) is 0 Å². The van der Waals surface area contributed by atoms with Gasteiger partial charge in [-0.1, -0.05) is 22.9 Å². The predicted octanol–water partition coefficient (Wildman–Crippen LogP) is 2.81. The number of ether oxygens (including phenoxy) is 1. The summed E-state index contributed by atoms with van der Waals surface area (Å²) in [6.45, 7) is 3.25. The minimum atomic E-state index is 0.416. The first-order valence-electron chi connectivity index (χ1n) is 6.67. The summed E-state index contributed by atoms with van der Waals surface area (Å²) < 4.78 is 10.9. The Labute approximate surface area is 112 Å². The largest absolute Gasteiger partial charge is 0.486 e. The first-order valence-corrected chi connectivity index (χ1v) is 6.67. The van der Waals surface area contributed by atoms with Gasteiger partial charge in [0.25, 0.3) is 0 Å². The second kappa shape index (κ2) is 5.45. The molecule has 1 aromatic carbocycles. The summed E-state index contributed by atoms with van der Waals surface area (Å²) in [7, 11) is 0. The molecule has 0 bridgehead atoms. The fourth-order valence-corrected chi connectivity index (χ4v) is 1.83. The van der Waals surface area contributed by atoms with Gasteiger partial charge in [0.2, 0.25) is 0 Å². The molecule has 4 heteroatoms. The number of nitrogens with one attached hydrogen (secondary N) is 1. The Balaban J connectivity index is 1.50. The molecule has 0 saturated heterocycles. The minimum absolute atomic E-state index is 0.416. The van der Waals surface area contributed by atoms with Crippen LogP contribution in [0.25, 0.3) is 0 Å². The summed E-state index contributed by atoms with van der Waals surface area (Å²) in [5, 5.41) is 7.43. The van der Waals surface area contributed by atoms with Crippen LogP contribution in [0.4, 0.5) is 0 Å². The predicted molar refractivity (Wildman–Crippen MR) is 71.9 cm³/mol. The Kier molecular flexibility index (Phi) is 3.51. The first kappa shape index (κ1) is 12.2. The molecule has 1 aliphatic carbocycles. The summed E-state index contributed by atoms with van der Waals surface area (Å²) in [5.74, 6) is 1.60. The summed E-state index contributed by atoms with van der Waals surface area (Å²) in [5.41, 5.74) is 2.16. The third kappa shape index (κ3) is 3.58. The molecule has 1 fully saturated rings. The Morgan fingerprint density at radius 2 is 2.11 bits per heavy atom. The van der Waals surface area contributed by atoms with E-state index < -0.39 is 0 Å². The summed E-state index contributed by atoms with van der Waals surface area (Å²) in [6.07, 6.45) is 2.56. The molecule has 0 aliphatic heterocycles. The molecule has 1 saturated carbocycles. The molecule has 1 heterocycles. The molecule has 4 nitrogen and oxygen atoms in total. The van der Waals surface area contributed by atoms with E-state index in [-0.39, 0.29) is 0 Å². The maximum Gasteiger partial charge on any atom is 0.174 e. The molecule has 3 rings (SSSR count). The van der Waals surface area contributed by atoms with Crippen molar-refractivity contribution in [2.24, 2.45) is 0 Å². The number of aryl methyl sites for hydroxylation is 1. The topological polar surface area (TPSA) is 47.3 Å². The lowest BCUT2D eigenvalue weighted by Crippen LogP contribution is -2.15. The van der Waals surface area contributed by atoms with Crippen LogP contribution in [0.3, 0.4) is 0 Å². The quantitative estimate of drug-likeness (QED) is 0.865. The zero-order chi connectivity index (χ0) is 13.1. The van der Waals surface area contributed by atoms with Crippen molar-refractivity contribution >= 4 is 0 Å². The smallest absolute Gasteiger partial charge is 0.174 e. The van der Waals surface area contributed by atoms with Crippen LogP contribution < -0.4 is 10.1 Å². The van der Waals surface area contributed by atoms with Crippen LogP contribution in [0, 0.1) is 6.92 Å². The molecule has 2 aromatic rings. The molecule has 0 amide bonds. The molecular weight excluding hydrogens is 240 g/mol. The normalized spacial score (nSPS) is 14.6. The Hall–Kier alpha value is -1.81. The fourth-order valence-electron chi connectivity index (χ4n) is 1.83. The van der Waals surface area contributed by atoms with Gasteiger partial charge in [0.05, 0.1) is 5.69 Å². The maximum absolute atomic E-state index is 5.64. The Morgan fingerprint density at radius 3 is 2.84 bits per heavy atom. The number of aromatic nitrogens is 1. The van der Waals surface area contributed by atoms with E-state index in [2.05, 4.69) is 17.4 Å². The van der Waals surface area contributed by atoms with E-state index in [4.69, 9.17) is 9.26 Å². The minimum Gasteiger partial charge on any atom is -0.486 e. The van der Waals surface area contributed by atoms with Gasteiger partial charge in [-0.3, -0.25) is 0 Å². The first-order chi connectivity index (χ1) is 9.29. The van der Waals surface area contributed by atoms with Crippen LogP contribution in [-0.2, 0) is 13.2 Å². The van der Waals surface area contributed by atoms with Gasteiger partial charge >= 0.3 is 0 Å². The van der Waals surface area contributed by atoms with Gasteiger partial charge in [-0.25, -0.2) is 0 Å². The van der Waals surface area contributed by atoms with Gasteiger partial charge < -0.3 is 14.6 Å².